The molecule has 0 unspecified atom stereocenters. The van der Waals surface area contributed by atoms with E-state index in [-0.39, 0.29) is 5.91 Å². The average molecular weight is 340 g/mol. The van der Waals surface area contributed by atoms with Crippen molar-refractivity contribution in [2.45, 2.75) is 11.3 Å². The molecular formula is C18H16N2O3S. The van der Waals surface area contributed by atoms with Gasteiger partial charge in [0, 0.05) is 17.1 Å². The largest absolute Gasteiger partial charge is 0.486 e. The van der Waals surface area contributed by atoms with Crippen LogP contribution in [0.15, 0.2) is 47.4 Å². The molecule has 1 heterocycles. The van der Waals surface area contributed by atoms with Crippen LogP contribution < -0.4 is 14.8 Å². The van der Waals surface area contributed by atoms with Crippen molar-refractivity contribution in [2.24, 2.45) is 0 Å². The zero-order valence-electron chi connectivity index (χ0n) is 13.0. The molecule has 3 rings (SSSR count). The first-order chi connectivity index (χ1) is 11.8. The Balaban J connectivity index is 1.80. The topological polar surface area (TPSA) is 71.4 Å². The van der Waals surface area contributed by atoms with Gasteiger partial charge < -0.3 is 14.8 Å². The number of amides is 1. The number of rotatable bonds is 5. The number of thioether (sulfide) groups is 1. The van der Waals surface area contributed by atoms with Crippen molar-refractivity contribution in [1.29, 1.82) is 5.26 Å². The van der Waals surface area contributed by atoms with Gasteiger partial charge in [-0.25, -0.2) is 0 Å². The van der Waals surface area contributed by atoms with E-state index in [1.807, 2.05) is 24.3 Å². The van der Waals surface area contributed by atoms with Gasteiger partial charge in [0.2, 0.25) is 0 Å². The fourth-order valence-electron chi connectivity index (χ4n) is 2.34. The molecule has 5 nitrogen and oxygen atoms in total. The highest BCUT2D eigenvalue weighted by Crippen LogP contribution is 2.34. The van der Waals surface area contributed by atoms with E-state index in [1.165, 1.54) is 0 Å². The molecule has 1 N–H and O–H groups in total. The van der Waals surface area contributed by atoms with Crippen LogP contribution >= 0.6 is 11.8 Å². The summed E-state index contributed by atoms with van der Waals surface area (Å²) >= 11 is 1.54. The fourth-order valence-corrected chi connectivity index (χ4v) is 3.21. The first-order valence-electron chi connectivity index (χ1n) is 7.58. The summed E-state index contributed by atoms with van der Waals surface area (Å²) in [6.45, 7) is 0.911. The van der Waals surface area contributed by atoms with Gasteiger partial charge in [-0.1, -0.05) is 18.2 Å². The maximum Gasteiger partial charge on any atom is 0.259 e. The maximum atomic E-state index is 12.7. The predicted octanol–water partition coefficient (Wildman–Crippen LogP) is 3.72. The van der Waals surface area contributed by atoms with E-state index >= 15 is 0 Å². The fraction of sp³-hybridized carbons (Fsp3) is 0.222. The Morgan fingerprint density at radius 1 is 1.17 bits per heavy atom. The van der Waals surface area contributed by atoms with E-state index in [0.29, 0.717) is 42.4 Å². The van der Waals surface area contributed by atoms with Gasteiger partial charge in [-0.2, -0.15) is 5.26 Å². The van der Waals surface area contributed by atoms with Crippen molar-refractivity contribution < 1.29 is 14.3 Å². The number of para-hydroxylation sites is 2. The molecule has 122 valence electrons. The van der Waals surface area contributed by atoms with E-state index in [2.05, 4.69) is 11.4 Å². The lowest BCUT2D eigenvalue weighted by Gasteiger charge is -2.20. The van der Waals surface area contributed by atoms with Gasteiger partial charge in [0.25, 0.3) is 5.91 Å². The van der Waals surface area contributed by atoms with Crippen molar-refractivity contribution in [3.8, 4) is 17.6 Å². The van der Waals surface area contributed by atoms with Crippen molar-refractivity contribution in [1.82, 2.24) is 0 Å². The summed E-state index contributed by atoms with van der Waals surface area (Å²) < 4.78 is 11.1. The van der Waals surface area contributed by atoms with Gasteiger partial charge >= 0.3 is 0 Å². The van der Waals surface area contributed by atoms with E-state index < -0.39 is 0 Å². The van der Waals surface area contributed by atoms with E-state index in [4.69, 9.17) is 14.7 Å². The standard InChI is InChI=1S/C18H16N2O3S/c19-9-4-12-24-16-8-2-1-6-14(16)20-18(21)13-5-3-7-15-17(13)23-11-10-22-15/h1-3,5-8H,4,10-12H2,(H,20,21). The number of nitrogens with zero attached hydrogens (tertiary/aromatic N) is 1. The minimum Gasteiger partial charge on any atom is -0.486 e. The first kappa shape index (κ1) is 16.2. The van der Waals surface area contributed by atoms with Gasteiger partial charge in [0.15, 0.2) is 11.5 Å². The quantitative estimate of drug-likeness (QED) is 0.663. The summed E-state index contributed by atoms with van der Waals surface area (Å²) in [7, 11) is 0. The number of carbonyl (C=O) groups is 1. The number of benzene rings is 2. The van der Waals surface area contributed by atoms with Crippen molar-refractivity contribution in [3.63, 3.8) is 0 Å². The van der Waals surface area contributed by atoms with Crippen LogP contribution in [-0.2, 0) is 0 Å². The van der Waals surface area contributed by atoms with E-state index in [0.717, 1.165) is 10.6 Å². The van der Waals surface area contributed by atoms with E-state index in [9.17, 15) is 4.79 Å². The number of fused-ring (bicyclic) bond motifs is 1. The molecule has 0 atom stereocenters. The Hall–Kier alpha value is -2.65. The molecule has 2 aromatic carbocycles. The molecule has 1 aliphatic rings. The van der Waals surface area contributed by atoms with Gasteiger partial charge in [-0.3, -0.25) is 4.79 Å². The third kappa shape index (κ3) is 3.63. The Morgan fingerprint density at radius 3 is 2.88 bits per heavy atom. The van der Waals surface area contributed by atoms with Crippen LogP contribution in [0.2, 0.25) is 0 Å². The van der Waals surface area contributed by atoms with Crippen LogP contribution in [0.25, 0.3) is 0 Å². The molecule has 1 amide bonds. The SMILES string of the molecule is N#CCCSc1ccccc1NC(=O)c1cccc2c1OCCO2. The molecule has 0 saturated carbocycles. The number of nitriles is 1. The smallest absolute Gasteiger partial charge is 0.259 e. The molecule has 0 bridgehead atoms. The van der Waals surface area contributed by atoms with Crippen molar-refractivity contribution in [2.75, 3.05) is 24.3 Å². The van der Waals surface area contributed by atoms with Crippen molar-refractivity contribution >= 4 is 23.4 Å². The van der Waals surface area contributed by atoms with Crippen LogP contribution in [0.4, 0.5) is 5.69 Å². The second kappa shape index (κ2) is 7.75. The Labute approximate surface area is 144 Å². The highest BCUT2D eigenvalue weighted by atomic mass is 32.2. The summed E-state index contributed by atoms with van der Waals surface area (Å²) in [5.74, 6) is 1.51. The lowest BCUT2D eigenvalue weighted by Crippen LogP contribution is -2.20. The molecule has 2 aromatic rings. The lowest BCUT2D eigenvalue weighted by molar-refractivity contribution is 0.101. The third-order valence-electron chi connectivity index (χ3n) is 3.42. The molecule has 24 heavy (non-hydrogen) atoms. The molecule has 1 aliphatic heterocycles. The van der Waals surface area contributed by atoms with Gasteiger partial charge in [-0.15, -0.1) is 11.8 Å². The number of hydrogen-bond acceptors (Lipinski definition) is 5. The molecule has 6 heteroatoms. The molecule has 0 aromatic heterocycles. The van der Waals surface area contributed by atoms with E-state index in [1.54, 1.807) is 30.0 Å². The third-order valence-corrected chi connectivity index (χ3v) is 4.49. The molecule has 0 spiro atoms. The molecule has 0 fully saturated rings. The summed E-state index contributed by atoms with van der Waals surface area (Å²) in [5, 5.41) is 11.6. The van der Waals surface area contributed by atoms with Crippen LogP contribution in [0.1, 0.15) is 16.8 Å². The number of hydrogen-bond donors (Lipinski definition) is 1. The molecule has 0 saturated heterocycles. The molecule has 0 aliphatic carbocycles. The Bertz CT molecular complexity index is 786. The first-order valence-corrected chi connectivity index (χ1v) is 8.57. The van der Waals surface area contributed by atoms with Gasteiger partial charge in [0.05, 0.1) is 17.3 Å². The molecule has 0 radical (unpaired) electrons. The Morgan fingerprint density at radius 2 is 2.00 bits per heavy atom. The van der Waals surface area contributed by atoms with Crippen LogP contribution in [0.3, 0.4) is 0 Å². The number of anilines is 1. The Kier molecular flexibility index (Phi) is 5.24. The zero-order valence-corrected chi connectivity index (χ0v) is 13.8. The minimum atomic E-state index is -0.245. The monoisotopic (exact) mass is 340 g/mol. The summed E-state index contributed by atoms with van der Waals surface area (Å²) in [5.41, 5.74) is 1.17. The zero-order chi connectivity index (χ0) is 16.8. The highest BCUT2D eigenvalue weighted by Gasteiger charge is 2.20. The average Bonchev–Trinajstić information content (AvgIpc) is 2.63. The summed E-state index contributed by atoms with van der Waals surface area (Å²) in [4.78, 5) is 13.6. The minimum absolute atomic E-state index is 0.245. The predicted molar refractivity (Wildman–Crippen MR) is 92.8 cm³/mol. The number of nitrogens with one attached hydrogen (secondary N) is 1. The summed E-state index contributed by atoms with van der Waals surface area (Å²) in [6.07, 6.45) is 0.463. The van der Waals surface area contributed by atoms with Crippen molar-refractivity contribution in [3.05, 3.63) is 48.0 Å². The van der Waals surface area contributed by atoms with Gasteiger partial charge in [-0.05, 0) is 24.3 Å². The molecular weight excluding hydrogens is 324 g/mol. The normalized spacial score (nSPS) is 12.3. The number of ether oxygens (including phenoxy) is 2. The van der Waals surface area contributed by atoms with Crippen LogP contribution in [0, 0.1) is 11.3 Å². The lowest BCUT2D eigenvalue weighted by atomic mass is 10.1. The second-order valence-electron chi connectivity index (χ2n) is 5.04. The summed E-state index contributed by atoms with van der Waals surface area (Å²) in [6, 6.07) is 14.9. The maximum absolute atomic E-state index is 12.7. The van der Waals surface area contributed by atoms with Gasteiger partial charge in [0.1, 0.15) is 13.2 Å². The highest BCUT2D eigenvalue weighted by molar-refractivity contribution is 7.99. The number of carbonyl (C=O) groups excluding carboxylic acids is 1. The second-order valence-corrected chi connectivity index (χ2v) is 6.17. The van der Waals surface area contributed by atoms with Crippen LogP contribution in [0.5, 0.6) is 11.5 Å². The van der Waals surface area contributed by atoms with Crippen LogP contribution in [-0.4, -0.2) is 24.9 Å².